The van der Waals surface area contributed by atoms with Crippen molar-refractivity contribution >= 4 is 87.4 Å². The molecule has 0 radical (unpaired) electrons. The molecular weight excluding hydrogens is 651 g/mol. The SMILES string of the molecule is c1ccc(-c2ccc(-c3nc(-n4c5ccccc5c5cc6ccc7oc8ccccc8c7c6cc54)c4c(n3)oc3ccccc34)c3ccccc23)cc1. The summed E-state index contributed by atoms with van der Waals surface area (Å²) in [5.74, 6) is 1.39. The maximum Gasteiger partial charge on any atom is 0.233 e. The molecule has 5 heteroatoms. The third-order valence-corrected chi connectivity index (χ3v) is 10.8. The van der Waals surface area contributed by atoms with Gasteiger partial charge in [-0.2, -0.15) is 4.98 Å². The van der Waals surface area contributed by atoms with Crippen LogP contribution in [0.2, 0.25) is 0 Å². The van der Waals surface area contributed by atoms with Crippen molar-refractivity contribution in [2.45, 2.75) is 0 Å². The summed E-state index contributed by atoms with van der Waals surface area (Å²) in [4.78, 5) is 10.7. The van der Waals surface area contributed by atoms with Gasteiger partial charge < -0.3 is 8.83 Å². The van der Waals surface area contributed by atoms with Crippen molar-refractivity contribution in [1.29, 1.82) is 0 Å². The molecule has 0 fully saturated rings. The van der Waals surface area contributed by atoms with Crippen molar-refractivity contribution in [3.63, 3.8) is 0 Å². The fourth-order valence-electron chi connectivity index (χ4n) is 8.49. The molecule has 0 atom stereocenters. The lowest BCUT2D eigenvalue weighted by molar-refractivity contribution is 0.653. The highest BCUT2D eigenvalue weighted by Crippen LogP contribution is 2.43. The van der Waals surface area contributed by atoms with Gasteiger partial charge in [-0.05, 0) is 75.1 Å². The zero-order valence-corrected chi connectivity index (χ0v) is 28.2. The first-order valence-electron chi connectivity index (χ1n) is 17.8. The molecule has 0 amide bonds. The average molecular weight is 678 g/mol. The molecule has 12 aromatic rings. The van der Waals surface area contributed by atoms with E-state index in [0.29, 0.717) is 11.5 Å². The summed E-state index contributed by atoms with van der Waals surface area (Å²) in [6, 6.07) is 57.3. The van der Waals surface area contributed by atoms with Gasteiger partial charge in [0.05, 0.1) is 16.4 Å². The number of fused-ring (bicyclic) bond motifs is 12. The number of nitrogens with zero attached hydrogens (tertiary/aromatic N) is 3. The normalized spacial score (nSPS) is 12.2. The molecule has 53 heavy (non-hydrogen) atoms. The molecule has 0 unspecified atom stereocenters. The van der Waals surface area contributed by atoms with E-state index < -0.39 is 0 Å². The third-order valence-electron chi connectivity index (χ3n) is 10.8. The maximum atomic E-state index is 6.57. The fraction of sp³-hybridized carbons (Fsp3) is 0. The number of para-hydroxylation sites is 3. The van der Waals surface area contributed by atoms with Gasteiger partial charge in [-0.25, -0.2) is 4.98 Å². The second kappa shape index (κ2) is 10.6. The van der Waals surface area contributed by atoms with Gasteiger partial charge in [0.25, 0.3) is 0 Å². The largest absolute Gasteiger partial charge is 0.456 e. The van der Waals surface area contributed by atoms with Crippen molar-refractivity contribution in [3.8, 4) is 28.3 Å². The molecule has 0 saturated heterocycles. The van der Waals surface area contributed by atoms with Crippen molar-refractivity contribution in [2.75, 3.05) is 0 Å². The smallest absolute Gasteiger partial charge is 0.233 e. The van der Waals surface area contributed by atoms with E-state index in [1.54, 1.807) is 0 Å². The lowest BCUT2D eigenvalue weighted by Crippen LogP contribution is -2.02. The lowest BCUT2D eigenvalue weighted by atomic mass is 9.95. The molecule has 4 heterocycles. The topological polar surface area (TPSA) is 57.0 Å². The monoisotopic (exact) mass is 677 g/mol. The standard InChI is InChI=1S/C48H27N3O2/c1-2-12-28(13-3-1)30-23-24-34(32-15-5-4-14-31(30)32)46-49-47(45-36-18-8-11-21-42(36)53-48(45)50-46)51-39-19-9-6-16-33(39)38-26-29-22-25-43-44(37(29)27-40(38)51)35-17-7-10-20-41(35)52-43/h1-27H. The Kier molecular flexibility index (Phi) is 5.71. The van der Waals surface area contributed by atoms with Crippen molar-refractivity contribution in [3.05, 3.63) is 164 Å². The van der Waals surface area contributed by atoms with Crippen LogP contribution in [0.5, 0.6) is 0 Å². The Labute approximate surface area is 302 Å². The minimum Gasteiger partial charge on any atom is -0.456 e. The lowest BCUT2D eigenvalue weighted by Gasteiger charge is -2.14. The van der Waals surface area contributed by atoms with Crippen molar-refractivity contribution < 1.29 is 8.83 Å². The Bertz CT molecular complexity index is 3460. The Morgan fingerprint density at radius 2 is 1.04 bits per heavy atom. The van der Waals surface area contributed by atoms with Crippen LogP contribution in [-0.2, 0) is 0 Å². The Morgan fingerprint density at radius 1 is 0.396 bits per heavy atom. The summed E-state index contributed by atoms with van der Waals surface area (Å²) in [6.07, 6.45) is 0. The average Bonchev–Trinajstić information content (AvgIpc) is 3.89. The van der Waals surface area contributed by atoms with Gasteiger partial charge in [0.2, 0.25) is 5.71 Å². The number of benzene rings is 8. The molecule has 12 rings (SSSR count). The summed E-state index contributed by atoms with van der Waals surface area (Å²) >= 11 is 0. The number of aromatic nitrogens is 3. The second-order valence-electron chi connectivity index (χ2n) is 13.7. The van der Waals surface area contributed by atoms with Crippen LogP contribution >= 0.6 is 0 Å². The Hall–Kier alpha value is -7.24. The van der Waals surface area contributed by atoms with Crippen molar-refractivity contribution in [1.82, 2.24) is 14.5 Å². The highest BCUT2D eigenvalue weighted by molar-refractivity contribution is 6.23. The second-order valence-corrected chi connectivity index (χ2v) is 13.7. The van der Waals surface area contributed by atoms with E-state index in [0.717, 1.165) is 93.0 Å². The molecule has 0 spiro atoms. The van der Waals surface area contributed by atoms with Gasteiger partial charge in [-0.3, -0.25) is 4.57 Å². The minimum atomic E-state index is 0.553. The van der Waals surface area contributed by atoms with Gasteiger partial charge in [-0.15, -0.1) is 0 Å². The Balaban J connectivity index is 1.22. The predicted octanol–water partition coefficient (Wildman–Crippen LogP) is 13.0. The van der Waals surface area contributed by atoms with E-state index in [-0.39, 0.29) is 0 Å². The predicted molar refractivity (Wildman–Crippen MR) is 217 cm³/mol. The third kappa shape index (κ3) is 4.02. The van der Waals surface area contributed by atoms with Gasteiger partial charge in [0.15, 0.2) is 11.6 Å². The van der Waals surface area contributed by atoms with Crippen LogP contribution in [0.3, 0.4) is 0 Å². The molecule has 5 nitrogen and oxygen atoms in total. The molecule has 0 bridgehead atoms. The van der Waals surface area contributed by atoms with Crippen LogP contribution in [0.4, 0.5) is 0 Å². The van der Waals surface area contributed by atoms with Gasteiger partial charge >= 0.3 is 0 Å². The van der Waals surface area contributed by atoms with E-state index >= 15 is 0 Å². The molecule has 0 aliphatic carbocycles. The van der Waals surface area contributed by atoms with Crippen molar-refractivity contribution in [2.24, 2.45) is 0 Å². The molecule has 8 aromatic carbocycles. The maximum absolute atomic E-state index is 6.57. The quantitative estimate of drug-likeness (QED) is 0.187. The van der Waals surface area contributed by atoms with Crippen LogP contribution in [0, 0.1) is 0 Å². The minimum absolute atomic E-state index is 0.553. The summed E-state index contributed by atoms with van der Waals surface area (Å²) < 4.78 is 15.2. The van der Waals surface area contributed by atoms with Crippen LogP contribution < -0.4 is 0 Å². The first-order valence-corrected chi connectivity index (χ1v) is 17.8. The van der Waals surface area contributed by atoms with Crippen LogP contribution in [0.25, 0.3) is 116 Å². The fourth-order valence-corrected chi connectivity index (χ4v) is 8.49. The molecule has 0 N–H and O–H groups in total. The van der Waals surface area contributed by atoms with Crippen LogP contribution in [0.1, 0.15) is 0 Å². The molecule has 246 valence electrons. The van der Waals surface area contributed by atoms with E-state index in [2.05, 4.69) is 138 Å². The number of rotatable bonds is 3. The summed E-state index contributed by atoms with van der Waals surface area (Å²) in [5, 5.41) is 10.9. The first kappa shape index (κ1) is 28.5. The number of hydrogen-bond donors (Lipinski definition) is 0. The molecule has 0 saturated carbocycles. The van der Waals surface area contributed by atoms with E-state index in [9.17, 15) is 0 Å². The summed E-state index contributed by atoms with van der Waals surface area (Å²) in [7, 11) is 0. The highest BCUT2D eigenvalue weighted by atomic mass is 16.3. The molecule has 4 aromatic heterocycles. The molecule has 0 aliphatic rings. The van der Waals surface area contributed by atoms with Crippen LogP contribution in [-0.4, -0.2) is 14.5 Å². The zero-order chi connectivity index (χ0) is 34.6. The Morgan fingerprint density at radius 3 is 1.85 bits per heavy atom. The first-order chi connectivity index (χ1) is 26.3. The van der Waals surface area contributed by atoms with E-state index in [1.165, 1.54) is 11.1 Å². The molecular formula is C48H27N3O2. The summed E-state index contributed by atoms with van der Waals surface area (Å²) in [6.45, 7) is 0. The summed E-state index contributed by atoms with van der Waals surface area (Å²) in [5.41, 5.74) is 8.48. The van der Waals surface area contributed by atoms with E-state index in [1.807, 2.05) is 30.3 Å². The number of hydrogen-bond acceptors (Lipinski definition) is 4. The zero-order valence-electron chi connectivity index (χ0n) is 28.2. The number of furan rings is 2. The van der Waals surface area contributed by atoms with Gasteiger partial charge in [0.1, 0.15) is 16.7 Å². The van der Waals surface area contributed by atoms with E-state index in [4.69, 9.17) is 18.8 Å². The highest BCUT2D eigenvalue weighted by Gasteiger charge is 2.24. The molecule has 0 aliphatic heterocycles. The van der Waals surface area contributed by atoms with Gasteiger partial charge in [-0.1, -0.05) is 121 Å². The van der Waals surface area contributed by atoms with Gasteiger partial charge in [0, 0.05) is 32.5 Å². The van der Waals surface area contributed by atoms with Crippen LogP contribution in [0.15, 0.2) is 173 Å².